The number of primary amides is 1. The summed E-state index contributed by atoms with van der Waals surface area (Å²) in [6.07, 6.45) is 2.41. The molecular weight excluding hydrogens is 498 g/mol. The van der Waals surface area contributed by atoms with E-state index in [2.05, 4.69) is 10.1 Å². The van der Waals surface area contributed by atoms with Crippen LogP contribution < -0.4 is 26.0 Å². The number of carbonyl (C=O) groups is 2. The van der Waals surface area contributed by atoms with Gasteiger partial charge < -0.3 is 10.5 Å². The van der Waals surface area contributed by atoms with Crippen LogP contribution >= 0.6 is 0 Å². The lowest BCUT2D eigenvalue weighted by atomic mass is 10.0. The van der Waals surface area contributed by atoms with Crippen LogP contribution in [0.15, 0.2) is 65.6 Å². The first-order valence-electron chi connectivity index (χ1n) is 12.5. The third-order valence-electron chi connectivity index (χ3n) is 7.02. The van der Waals surface area contributed by atoms with Crippen molar-refractivity contribution in [3.8, 4) is 22.8 Å². The van der Waals surface area contributed by atoms with E-state index in [-0.39, 0.29) is 23.8 Å². The van der Waals surface area contributed by atoms with Crippen molar-refractivity contribution in [2.24, 2.45) is 12.8 Å². The fourth-order valence-electron chi connectivity index (χ4n) is 4.97. The summed E-state index contributed by atoms with van der Waals surface area (Å²) >= 11 is 0. The standard InChI is InChI=1S/C28H29N7O4/c1-5-20-16-33(28(38)34(20)22-8-6-7-19(15-22)24(29)36)25-17(2)23(13-14-30-25)18-9-11-21(12-10-18)35-26(39-4)31-32(3)27(35)37/h6-15,20H,5,16H2,1-4H3,(H2,29,36). The maximum atomic E-state index is 13.7. The minimum atomic E-state index is -0.545. The Hall–Kier alpha value is -4.93. The second-order valence-corrected chi connectivity index (χ2v) is 9.32. The van der Waals surface area contributed by atoms with Crippen LogP contribution in [0.4, 0.5) is 16.3 Å². The molecule has 0 saturated carbocycles. The molecular formula is C28H29N7O4. The molecule has 4 aromatic rings. The Kier molecular flexibility index (Phi) is 6.65. The molecule has 11 nitrogen and oxygen atoms in total. The summed E-state index contributed by atoms with van der Waals surface area (Å²) in [5, 5.41) is 4.09. The van der Waals surface area contributed by atoms with Crippen LogP contribution in [0.2, 0.25) is 0 Å². The van der Waals surface area contributed by atoms with Gasteiger partial charge in [-0.25, -0.2) is 23.8 Å². The van der Waals surface area contributed by atoms with Crippen molar-refractivity contribution in [2.75, 3.05) is 23.5 Å². The highest BCUT2D eigenvalue weighted by Crippen LogP contribution is 2.35. The number of hydrogen-bond donors (Lipinski definition) is 1. The lowest BCUT2D eigenvalue weighted by Gasteiger charge is -2.23. The van der Waals surface area contributed by atoms with Crippen LogP contribution in [0.3, 0.4) is 0 Å². The Morgan fingerprint density at radius 2 is 1.85 bits per heavy atom. The fourth-order valence-corrected chi connectivity index (χ4v) is 4.97. The average Bonchev–Trinajstić information content (AvgIpc) is 3.43. The van der Waals surface area contributed by atoms with Crippen molar-refractivity contribution >= 4 is 23.4 Å². The lowest BCUT2D eigenvalue weighted by Crippen LogP contribution is -2.35. The molecule has 3 heterocycles. The molecule has 1 aliphatic heterocycles. The number of hydrogen-bond acceptors (Lipinski definition) is 6. The van der Waals surface area contributed by atoms with Gasteiger partial charge in [-0.1, -0.05) is 25.1 Å². The van der Waals surface area contributed by atoms with E-state index in [9.17, 15) is 14.4 Å². The molecule has 11 heteroatoms. The monoisotopic (exact) mass is 527 g/mol. The fraction of sp³-hybridized carbons (Fsp3) is 0.250. The van der Waals surface area contributed by atoms with E-state index >= 15 is 0 Å². The van der Waals surface area contributed by atoms with E-state index in [1.807, 2.05) is 44.2 Å². The quantitative estimate of drug-likeness (QED) is 0.393. The number of urea groups is 1. The molecule has 39 heavy (non-hydrogen) atoms. The molecule has 3 amide bonds. The first-order valence-corrected chi connectivity index (χ1v) is 12.5. The van der Waals surface area contributed by atoms with Crippen molar-refractivity contribution in [2.45, 2.75) is 26.3 Å². The number of ether oxygens (including phenoxy) is 1. The molecule has 0 spiro atoms. The number of aromatic nitrogens is 4. The molecule has 2 aromatic carbocycles. The van der Waals surface area contributed by atoms with Crippen LogP contribution in [0, 0.1) is 6.92 Å². The summed E-state index contributed by atoms with van der Waals surface area (Å²) in [5.74, 6) is 0.0233. The number of benzene rings is 2. The Morgan fingerprint density at radius 3 is 2.51 bits per heavy atom. The minimum Gasteiger partial charge on any atom is -0.467 e. The predicted molar refractivity (Wildman–Crippen MR) is 148 cm³/mol. The maximum Gasteiger partial charge on any atom is 0.353 e. The van der Waals surface area contributed by atoms with Gasteiger partial charge in [0.2, 0.25) is 5.91 Å². The van der Waals surface area contributed by atoms with Crippen LogP contribution in [0.1, 0.15) is 29.3 Å². The number of nitrogens with two attached hydrogens (primary N) is 1. The molecule has 1 unspecified atom stereocenters. The van der Waals surface area contributed by atoms with E-state index in [0.717, 1.165) is 23.1 Å². The number of nitrogens with zero attached hydrogens (tertiary/aromatic N) is 6. The van der Waals surface area contributed by atoms with Crippen molar-refractivity contribution in [1.29, 1.82) is 0 Å². The number of aryl methyl sites for hydroxylation is 1. The molecule has 1 saturated heterocycles. The largest absolute Gasteiger partial charge is 0.467 e. The molecule has 0 radical (unpaired) electrons. The van der Waals surface area contributed by atoms with Crippen molar-refractivity contribution in [1.82, 2.24) is 19.3 Å². The van der Waals surface area contributed by atoms with E-state index in [1.54, 1.807) is 47.3 Å². The first kappa shape index (κ1) is 25.7. The molecule has 1 aliphatic rings. The summed E-state index contributed by atoms with van der Waals surface area (Å²) < 4.78 is 7.86. The molecule has 200 valence electrons. The zero-order chi connectivity index (χ0) is 27.8. The molecule has 1 atom stereocenters. The van der Waals surface area contributed by atoms with Gasteiger partial charge in [0.05, 0.1) is 25.4 Å². The second kappa shape index (κ2) is 10.1. The Morgan fingerprint density at radius 1 is 1.10 bits per heavy atom. The second-order valence-electron chi connectivity index (χ2n) is 9.32. The highest BCUT2D eigenvalue weighted by molar-refractivity contribution is 6.07. The van der Waals surface area contributed by atoms with Crippen molar-refractivity contribution in [3.63, 3.8) is 0 Å². The zero-order valence-corrected chi connectivity index (χ0v) is 22.2. The van der Waals surface area contributed by atoms with E-state index in [0.29, 0.717) is 29.3 Å². The molecule has 2 N–H and O–H groups in total. The van der Waals surface area contributed by atoms with Gasteiger partial charge in [0.15, 0.2) is 0 Å². The van der Waals surface area contributed by atoms with Gasteiger partial charge in [0.25, 0.3) is 0 Å². The third kappa shape index (κ3) is 4.41. The molecule has 2 aromatic heterocycles. The smallest absolute Gasteiger partial charge is 0.353 e. The van der Waals surface area contributed by atoms with Crippen LogP contribution in [-0.2, 0) is 7.05 Å². The van der Waals surface area contributed by atoms with E-state index in [4.69, 9.17) is 10.5 Å². The summed E-state index contributed by atoms with van der Waals surface area (Å²) in [4.78, 5) is 45.9. The number of carbonyl (C=O) groups excluding carboxylic acids is 2. The number of amides is 3. The van der Waals surface area contributed by atoms with Gasteiger partial charge in [-0.2, -0.15) is 0 Å². The number of anilines is 2. The number of rotatable bonds is 7. The predicted octanol–water partition coefficient (Wildman–Crippen LogP) is 3.27. The Labute approximate surface area is 225 Å². The molecule has 0 bridgehead atoms. The van der Waals surface area contributed by atoms with Crippen LogP contribution in [0.25, 0.3) is 16.8 Å². The average molecular weight is 528 g/mol. The van der Waals surface area contributed by atoms with Gasteiger partial charge >= 0.3 is 17.7 Å². The molecule has 0 aliphatic carbocycles. The van der Waals surface area contributed by atoms with Gasteiger partial charge in [-0.3, -0.25) is 14.6 Å². The lowest BCUT2D eigenvalue weighted by molar-refractivity contribution is 0.1000. The summed E-state index contributed by atoms with van der Waals surface area (Å²) in [6, 6.07) is 16.0. The normalized spacial score (nSPS) is 15.2. The van der Waals surface area contributed by atoms with Gasteiger partial charge in [-0.15, -0.1) is 5.10 Å². The number of methoxy groups -OCH3 is 1. The summed E-state index contributed by atoms with van der Waals surface area (Å²) in [7, 11) is 3.03. The highest BCUT2D eigenvalue weighted by atomic mass is 16.5. The highest BCUT2D eigenvalue weighted by Gasteiger charge is 2.39. The van der Waals surface area contributed by atoms with Gasteiger partial charge in [0, 0.05) is 24.5 Å². The summed E-state index contributed by atoms with van der Waals surface area (Å²) in [6.45, 7) is 4.41. The Balaban J connectivity index is 1.48. The van der Waals surface area contributed by atoms with Crippen molar-refractivity contribution in [3.05, 3.63) is 82.4 Å². The molecule has 5 rings (SSSR count). The molecule has 1 fully saturated rings. The van der Waals surface area contributed by atoms with E-state index < -0.39 is 5.91 Å². The number of pyridine rings is 1. The minimum absolute atomic E-state index is 0.0995. The van der Waals surface area contributed by atoms with Gasteiger partial charge in [0.1, 0.15) is 5.82 Å². The summed E-state index contributed by atoms with van der Waals surface area (Å²) in [5.41, 5.74) is 9.40. The topological polar surface area (TPSA) is 129 Å². The maximum absolute atomic E-state index is 13.7. The first-order chi connectivity index (χ1) is 18.7. The third-order valence-corrected chi connectivity index (χ3v) is 7.02. The SMILES string of the molecule is CCC1CN(c2nccc(-c3ccc(-n4c(OC)nn(C)c4=O)cc3)c2C)C(=O)N1c1cccc(C(N)=O)c1. The zero-order valence-electron chi connectivity index (χ0n) is 22.2. The Bertz CT molecular complexity index is 1620. The van der Waals surface area contributed by atoms with Gasteiger partial charge in [-0.05, 0) is 66.4 Å². The van der Waals surface area contributed by atoms with E-state index in [1.165, 1.54) is 16.4 Å². The van der Waals surface area contributed by atoms with Crippen LogP contribution in [-0.4, -0.2) is 51.0 Å². The van der Waals surface area contributed by atoms with Crippen molar-refractivity contribution < 1.29 is 14.3 Å². The van der Waals surface area contributed by atoms with Crippen LogP contribution in [0.5, 0.6) is 6.01 Å².